The summed E-state index contributed by atoms with van der Waals surface area (Å²) in [6, 6.07) is 4.48. The lowest BCUT2D eigenvalue weighted by Gasteiger charge is -2.34. The van der Waals surface area contributed by atoms with Crippen LogP contribution in [-0.4, -0.2) is 79.3 Å². The second kappa shape index (κ2) is 10.7. The largest absolute Gasteiger partial charge is 0.356 e. The molecular formula is C28H37N5O6S2. The van der Waals surface area contributed by atoms with Crippen molar-refractivity contribution in [2.24, 2.45) is 29.1 Å². The summed E-state index contributed by atoms with van der Waals surface area (Å²) in [5.74, 6) is -2.31. The molecule has 0 spiro atoms. The van der Waals surface area contributed by atoms with Crippen LogP contribution in [0.4, 0.5) is 0 Å². The molecule has 3 aliphatic rings. The molecule has 1 saturated carbocycles. The first kappa shape index (κ1) is 29.6. The average Bonchev–Trinajstić information content (AvgIpc) is 3.40. The molecule has 222 valence electrons. The number of para-hydroxylation sites is 1. The van der Waals surface area contributed by atoms with Gasteiger partial charge in [0.05, 0.1) is 22.5 Å². The zero-order chi connectivity index (χ0) is 29.9. The second-order valence-electron chi connectivity index (χ2n) is 12.4. The van der Waals surface area contributed by atoms with Gasteiger partial charge in [0.15, 0.2) is 5.01 Å². The van der Waals surface area contributed by atoms with Crippen LogP contribution in [0.25, 0.3) is 10.2 Å². The van der Waals surface area contributed by atoms with Crippen molar-refractivity contribution in [2.75, 3.05) is 19.3 Å². The summed E-state index contributed by atoms with van der Waals surface area (Å²) >= 11 is 1.24. The van der Waals surface area contributed by atoms with Crippen LogP contribution in [0.1, 0.15) is 50.3 Å². The molecule has 0 bridgehead atoms. The van der Waals surface area contributed by atoms with Gasteiger partial charge in [0, 0.05) is 19.0 Å². The van der Waals surface area contributed by atoms with Crippen molar-refractivity contribution in [3.8, 4) is 0 Å². The molecule has 1 aromatic heterocycles. The average molecular weight is 604 g/mol. The van der Waals surface area contributed by atoms with Crippen LogP contribution >= 0.6 is 11.3 Å². The van der Waals surface area contributed by atoms with Gasteiger partial charge in [0.25, 0.3) is 0 Å². The van der Waals surface area contributed by atoms with Crippen molar-refractivity contribution < 1.29 is 27.6 Å². The van der Waals surface area contributed by atoms with E-state index < -0.39 is 45.9 Å². The maximum atomic E-state index is 14.0. The number of ketones is 1. The molecule has 13 heteroatoms. The minimum atomic E-state index is -3.68. The number of piperidine rings is 1. The fourth-order valence-corrected chi connectivity index (χ4v) is 8.26. The van der Waals surface area contributed by atoms with Gasteiger partial charge in [0.1, 0.15) is 12.1 Å². The van der Waals surface area contributed by atoms with Gasteiger partial charge in [0.2, 0.25) is 33.5 Å². The normalized spacial score (nSPS) is 26.5. The zero-order valence-electron chi connectivity index (χ0n) is 23.8. The summed E-state index contributed by atoms with van der Waals surface area (Å²) in [7, 11) is -3.68. The summed E-state index contributed by atoms with van der Waals surface area (Å²) in [4.78, 5) is 59.9. The van der Waals surface area contributed by atoms with Gasteiger partial charge in [-0.15, -0.1) is 11.3 Å². The van der Waals surface area contributed by atoms with Crippen LogP contribution < -0.4 is 15.4 Å². The first-order valence-corrected chi connectivity index (χ1v) is 16.7. The number of nitrogens with one attached hydrogen (secondary N) is 3. The van der Waals surface area contributed by atoms with E-state index in [0.717, 1.165) is 11.0 Å². The number of thiazole rings is 1. The van der Waals surface area contributed by atoms with E-state index in [2.05, 4.69) is 20.3 Å². The summed E-state index contributed by atoms with van der Waals surface area (Å²) in [5.41, 5.74) is 0.492. The Balaban J connectivity index is 1.43. The summed E-state index contributed by atoms with van der Waals surface area (Å²) in [6.07, 6.45) is 1.67. The Kier molecular flexibility index (Phi) is 7.75. The lowest BCUT2D eigenvalue weighted by molar-refractivity contribution is -0.142. The Morgan fingerprint density at radius 2 is 1.93 bits per heavy atom. The number of carbonyl (C=O) groups excluding carboxylic acids is 4. The zero-order valence-corrected chi connectivity index (χ0v) is 25.5. The number of benzene rings is 1. The van der Waals surface area contributed by atoms with Crippen LogP contribution in [-0.2, 0) is 24.4 Å². The predicted octanol–water partition coefficient (Wildman–Crippen LogP) is 1.55. The minimum absolute atomic E-state index is 0.0762. The summed E-state index contributed by atoms with van der Waals surface area (Å²) < 4.78 is 27.3. The number of hydrogen-bond acceptors (Lipinski definition) is 8. The fraction of sp³-hybridized carbons (Fsp3) is 0.607. The number of amides is 3. The van der Waals surface area contributed by atoms with Gasteiger partial charge in [-0.3, -0.25) is 19.2 Å². The number of aromatic nitrogens is 1. The van der Waals surface area contributed by atoms with E-state index in [1.54, 1.807) is 13.8 Å². The van der Waals surface area contributed by atoms with Crippen molar-refractivity contribution in [3.05, 3.63) is 29.3 Å². The van der Waals surface area contributed by atoms with Crippen LogP contribution in [0.5, 0.6) is 0 Å². The van der Waals surface area contributed by atoms with Gasteiger partial charge >= 0.3 is 0 Å². The molecular weight excluding hydrogens is 566 g/mol. The van der Waals surface area contributed by atoms with Crippen molar-refractivity contribution >= 4 is 55.1 Å². The summed E-state index contributed by atoms with van der Waals surface area (Å²) in [5, 5.41) is 5.94. The fourth-order valence-electron chi connectivity index (χ4n) is 6.46. The Bertz CT molecular complexity index is 1470. The van der Waals surface area contributed by atoms with Crippen molar-refractivity contribution in [2.45, 2.75) is 58.7 Å². The molecule has 2 aromatic rings. The number of rotatable bonds is 10. The predicted molar refractivity (Wildman–Crippen MR) is 154 cm³/mol. The molecule has 5 rings (SSSR count). The number of hydrogen-bond donors (Lipinski definition) is 3. The third kappa shape index (κ3) is 5.76. The van der Waals surface area contributed by atoms with E-state index in [1.807, 2.05) is 38.1 Å². The van der Waals surface area contributed by atoms with Gasteiger partial charge in [-0.1, -0.05) is 39.8 Å². The van der Waals surface area contributed by atoms with Gasteiger partial charge in [-0.25, -0.2) is 18.1 Å². The van der Waals surface area contributed by atoms with Crippen LogP contribution in [0.15, 0.2) is 24.3 Å². The highest BCUT2D eigenvalue weighted by Gasteiger charge is 2.69. The highest BCUT2D eigenvalue weighted by molar-refractivity contribution is 7.88. The first-order chi connectivity index (χ1) is 19.2. The molecule has 1 aliphatic carbocycles. The standard InChI is InChI=1S/C28H37N5O6S2/c1-14(2)21(32-41(5,38)39)27(37)33-13-16-20(28(16,3)4)22(33)25(36)30-18(12-15-10-11-29-24(15)35)23(34)26-31-17-8-6-7-9-19(17)40-26/h6-9,14-16,18,20-22,32H,10-13H2,1-5H3,(H,29,35)(H,30,36)/t15-,16-,18-,20-,21+,22-/m1/s1. The quantitative estimate of drug-likeness (QED) is 0.348. The van der Waals surface area contributed by atoms with E-state index in [0.29, 0.717) is 25.0 Å². The monoisotopic (exact) mass is 603 g/mol. The van der Waals surface area contributed by atoms with Crippen molar-refractivity contribution in [1.82, 2.24) is 25.2 Å². The first-order valence-electron chi connectivity index (χ1n) is 13.9. The highest BCUT2D eigenvalue weighted by atomic mass is 32.2. The molecule has 0 radical (unpaired) electrons. The van der Waals surface area contributed by atoms with Crippen molar-refractivity contribution in [3.63, 3.8) is 0 Å². The Morgan fingerprint density at radius 1 is 1.22 bits per heavy atom. The van der Waals surface area contributed by atoms with Gasteiger partial charge in [-0.05, 0) is 48.1 Å². The van der Waals surface area contributed by atoms with E-state index in [9.17, 15) is 27.6 Å². The molecule has 3 amide bonds. The van der Waals surface area contributed by atoms with Gasteiger partial charge in [-0.2, -0.15) is 0 Å². The SMILES string of the molecule is CC(C)[C@H](NS(C)(=O)=O)C(=O)N1C[C@@H]2[C@H]([C@@H]1C(=O)N[C@H](C[C@H]1CCNC1=O)C(=O)c1nc3ccccc3s1)C2(C)C. The number of Topliss-reactive ketones (excluding diaryl/α,β-unsaturated/α-hetero) is 1. The Hall–Kier alpha value is -2.90. The number of sulfonamides is 1. The molecule has 3 fully saturated rings. The van der Waals surface area contributed by atoms with Crippen LogP contribution in [0, 0.1) is 29.1 Å². The smallest absolute Gasteiger partial charge is 0.243 e. The summed E-state index contributed by atoms with van der Waals surface area (Å²) in [6.45, 7) is 8.42. The maximum absolute atomic E-state index is 14.0. The highest BCUT2D eigenvalue weighted by Crippen LogP contribution is 2.65. The molecule has 3 heterocycles. The topological polar surface area (TPSA) is 155 Å². The third-order valence-corrected chi connectivity index (χ3v) is 10.6. The second-order valence-corrected chi connectivity index (χ2v) is 15.2. The Morgan fingerprint density at radius 3 is 2.54 bits per heavy atom. The molecule has 41 heavy (non-hydrogen) atoms. The molecule has 3 N–H and O–H groups in total. The molecule has 1 aromatic carbocycles. The maximum Gasteiger partial charge on any atom is 0.243 e. The van der Waals surface area contributed by atoms with E-state index >= 15 is 0 Å². The molecule has 11 nitrogen and oxygen atoms in total. The van der Waals surface area contributed by atoms with Crippen LogP contribution in [0.2, 0.25) is 0 Å². The lowest BCUT2D eigenvalue weighted by Crippen LogP contribution is -2.58. The number of carbonyl (C=O) groups is 4. The number of fused-ring (bicyclic) bond motifs is 2. The lowest BCUT2D eigenvalue weighted by atomic mass is 9.94. The van der Waals surface area contributed by atoms with Crippen LogP contribution in [0.3, 0.4) is 0 Å². The number of nitrogens with zero attached hydrogens (tertiary/aromatic N) is 2. The molecule has 2 aliphatic heterocycles. The van der Waals surface area contributed by atoms with E-state index in [-0.39, 0.29) is 46.3 Å². The molecule has 2 saturated heterocycles. The van der Waals surface area contributed by atoms with Gasteiger partial charge < -0.3 is 15.5 Å². The minimum Gasteiger partial charge on any atom is -0.356 e. The van der Waals surface area contributed by atoms with Crippen molar-refractivity contribution in [1.29, 1.82) is 0 Å². The third-order valence-electron chi connectivity index (χ3n) is 8.85. The Labute approximate surface area is 243 Å². The van der Waals surface area contributed by atoms with E-state index in [4.69, 9.17) is 0 Å². The molecule has 6 atom stereocenters. The van der Waals surface area contributed by atoms with E-state index in [1.165, 1.54) is 16.2 Å². The molecule has 0 unspecified atom stereocenters. The number of likely N-dealkylation sites (tertiary alicyclic amines) is 1.